The molecule has 4 aromatic rings. The summed E-state index contributed by atoms with van der Waals surface area (Å²) in [6, 6.07) is 21.3. The van der Waals surface area contributed by atoms with Gasteiger partial charge in [-0.3, -0.25) is 4.79 Å². The van der Waals surface area contributed by atoms with Crippen LogP contribution in [-0.4, -0.2) is 21.9 Å². The first-order valence-corrected chi connectivity index (χ1v) is 10.1. The zero-order valence-electron chi connectivity index (χ0n) is 14.8. The number of thioether (sulfide) groups is 1. The summed E-state index contributed by atoms with van der Waals surface area (Å²) in [6.07, 6.45) is 0.309. The van der Waals surface area contributed by atoms with E-state index in [1.165, 1.54) is 11.8 Å². The van der Waals surface area contributed by atoms with Crippen LogP contribution in [0.5, 0.6) is 0 Å². The second-order valence-electron chi connectivity index (χ2n) is 6.06. The molecule has 0 bridgehead atoms. The van der Waals surface area contributed by atoms with Crippen LogP contribution in [-0.2, 0) is 4.79 Å². The highest BCUT2D eigenvalue weighted by atomic mass is 35.5. The van der Waals surface area contributed by atoms with Gasteiger partial charge in [-0.05, 0) is 35.0 Å². The molecular weight excluding hydrogens is 394 g/mol. The highest BCUT2D eigenvalue weighted by Gasteiger charge is 2.11. The van der Waals surface area contributed by atoms with Crippen molar-refractivity contribution in [2.75, 3.05) is 11.1 Å². The predicted molar refractivity (Wildman–Crippen MR) is 113 cm³/mol. The summed E-state index contributed by atoms with van der Waals surface area (Å²) in [7, 11) is 0. The fraction of sp³-hybridized carbons (Fsp3) is 0.0952. The molecule has 1 aromatic heterocycles. The standard InChI is InChI=1S/C21H16ClN3O2S/c22-17-7-3-4-8-18(17)23-19(26)11-12-28-21-25-24-20(27-21)16-10-9-14-5-1-2-6-15(14)13-16/h1-10,13H,11-12H2,(H,23,26). The third-order valence-corrected chi connectivity index (χ3v) is 5.26. The number of benzene rings is 3. The van der Waals surface area contributed by atoms with Crippen LogP contribution in [0, 0.1) is 0 Å². The van der Waals surface area contributed by atoms with Gasteiger partial charge in [-0.2, -0.15) is 0 Å². The maximum atomic E-state index is 12.1. The molecule has 140 valence electrons. The number of anilines is 1. The topological polar surface area (TPSA) is 68.0 Å². The largest absolute Gasteiger partial charge is 0.411 e. The molecule has 0 aliphatic heterocycles. The summed E-state index contributed by atoms with van der Waals surface area (Å²) in [5.41, 5.74) is 1.48. The molecule has 1 amide bonds. The minimum Gasteiger partial charge on any atom is -0.411 e. The number of rotatable bonds is 6. The average Bonchev–Trinajstić information content (AvgIpc) is 3.18. The van der Waals surface area contributed by atoms with Gasteiger partial charge in [0.25, 0.3) is 5.22 Å². The first-order chi connectivity index (χ1) is 13.7. The van der Waals surface area contributed by atoms with E-state index in [0.29, 0.717) is 34.0 Å². The maximum Gasteiger partial charge on any atom is 0.276 e. The lowest BCUT2D eigenvalue weighted by Gasteiger charge is -2.05. The van der Waals surface area contributed by atoms with Crippen molar-refractivity contribution in [2.45, 2.75) is 11.6 Å². The lowest BCUT2D eigenvalue weighted by atomic mass is 10.1. The Morgan fingerprint density at radius 2 is 1.79 bits per heavy atom. The van der Waals surface area contributed by atoms with E-state index in [-0.39, 0.29) is 5.91 Å². The van der Waals surface area contributed by atoms with E-state index in [1.807, 2.05) is 48.5 Å². The van der Waals surface area contributed by atoms with Crippen molar-refractivity contribution in [1.29, 1.82) is 0 Å². The number of para-hydroxylation sites is 1. The van der Waals surface area contributed by atoms with E-state index in [4.69, 9.17) is 16.0 Å². The van der Waals surface area contributed by atoms with Crippen LogP contribution >= 0.6 is 23.4 Å². The molecule has 5 nitrogen and oxygen atoms in total. The first-order valence-electron chi connectivity index (χ1n) is 8.69. The maximum absolute atomic E-state index is 12.1. The number of carbonyl (C=O) groups is 1. The Morgan fingerprint density at radius 3 is 2.64 bits per heavy atom. The van der Waals surface area contributed by atoms with Gasteiger partial charge >= 0.3 is 0 Å². The van der Waals surface area contributed by atoms with Crippen LogP contribution in [0.1, 0.15) is 6.42 Å². The molecule has 0 spiro atoms. The highest BCUT2D eigenvalue weighted by molar-refractivity contribution is 7.99. The number of nitrogens with one attached hydrogen (secondary N) is 1. The van der Waals surface area contributed by atoms with Gasteiger partial charge in [0.2, 0.25) is 11.8 Å². The van der Waals surface area contributed by atoms with E-state index in [2.05, 4.69) is 21.6 Å². The minimum atomic E-state index is -0.116. The molecule has 28 heavy (non-hydrogen) atoms. The van der Waals surface area contributed by atoms with Gasteiger partial charge in [0.05, 0.1) is 10.7 Å². The van der Waals surface area contributed by atoms with Gasteiger partial charge in [0.1, 0.15) is 0 Å². The summed E-state index contributed by atoms with van der Waals surface area (Å²) >= 11 is 7.39. The molecule has 0 unspecified atom stereocenters. The lowest BCUT2D eigenvalue weighted by Crippen LogP contribution is -2.12. The van der Waals surface area contributed by atoms with Crippen LogP contribution in [0.3, 0.4) is 0 Å². The summed E-state index contributed by atoms with van der Waals surface area (Å²) in [4.78, 5) is 12.1. The Hall–Kier alpha value is -2.83. The van der Waals surface area contributed by atoms with Crippen molar-refractivity contribution < 1.29 is 9.21 Å². The average molecular weight is 410 g/mol. The Labute approximate surface area is 171 Å². The highest BCUT2D eigenvalue weighted by Crippen LogP contribution is 2.27. The van der Waals surface area contributed by atoms with E-state index in [0.717, 1.165) is 16.3 Å². The quantitative estimate of drug-likeness (QED) is 0.416. The van der Waals surface area contributed by atoms with Crippen LogP contribution < -0.4 is 5.32 Å². The molecule has 3 aromatic carbocycles. The molecule has 0 fully saturated rings. The molecule has 0 aliphatic carbocycles. The minimum absolute atomic E-state index is 0.116. The monoisotopic (exact) mass is 409 g/mol. The van der Waals surface area contributed by atoms with Crippen LogP contribution in [0.15, 0.2) is 76.4 Å². The van der Waals surface area contributed by atoms with E-state index < -0.39 is 0 Å². The number of aromatic nitrogens is 2. The number of amides is 1. The van der Waals surface area contributed by atoms with Gasteiger partial charge in [-0.1, -0.05) is 65.8 Å². The van der Waals surface area contributed by atoms with Gasteiger partial charge in [-0.25, -0.2) is 0 Å². The molecule has 0 atom stereocenters. The number of fused-ring (bicyclic) bond motifs is 1. The summed E-state index contributed by atoms with van der Waals surface area (Å²) < 4.78 is 5.73. The zero-order chi connectivity index (χ0) is 19.3. The normalized spacial score (nSPS) is 10.9. The number of hydrogen-bond acceptors (Lipinski definition) is 5. The molecule has 1 heterocycles. The Balaban J connectivity index is 1.34. The van der Waals surface area contributed by atoms with Crippen molar-refractivity contribution in [3.8, 4) is 11.5 Å². The Morgan fingerprint density at radius 1 is 1.00 bits per heavy atom. The fourth-order valence-corrected chi connectivity index (χ4v) is 3.59. The molecule has 4 rings (SSSR count). The van der Waals surface area contributed by atoms with Crippen LogP contribution in [0.4, 0.5) is 5.69 Å². The molecule has 0 saturated carbocycles. The van der Waals surface area contributed by atoms with Crippen LogP contribution in [0.25, 0.3) is 22.2 Å². The molecule has 0 radical (unpaired) electrons. The lowest BCUT2D eigenvalue weighted by molar-refractivity contribution is -0.115. The van der Waals surface area contributed by atoms with Crippen LogP contribution in [0.2, 0.25) is 5.02 Å². The predicted octanol–water partition coefficient (Wildman–Crippen LogP) is 5.66. The summed E-state index contributed by atoms with van der Waals surface area (Å²) in [5, 5.41) is 14.2. The summed E-state index contributed by atoms with van der Waals surface area (Å²) in [5.74, 6) is 0.874. The van der Waals surface area contributed by atoms with Crippen molar-refractivity contribution in [3.05, 3.63) is 71.8 Å². The van der Waals surface area contributed by atoms with Gasteiger partial charge in [0, 0.05) is 17.7 Å². The molecule has 0 aliphatic rings. The van der Waals surface area contributed by atoms with Crippen molar-refractivity contribution in [3.63, 3.8) is 0 Å². The number of nitrogens with zero attached hydrogens (tertiary/aromatic N) is 2. The van der Waals surface area contributed by atoms with Gasteiger partial charge in [0.15, 0.2) is 0 Å². The van der Waals surface area contributed by atoms with Crippen molar-refractivity contribution in [1.82, 2.24) is 10.2 Å². The fourth-order valence-electron chi connectivity index (χ4n) is 2.71. The van der Waals surface area contributed by atoms with E-state index in [9.17, 15) is 4.79 Å². The zero-order valence-corrected chi connectivity index (χ0v) is 16.3. The van der Waals surface area contributed by atoms with E-state index in [1.54, 1.807) is 12.1 Å². The molecule has 0 saturated heterocycles. The first kappa shape index (κ1) is 18.5. The number of halogens is 1. The van der Waals surface area contributed by atoms with Gasteiger partial charge < -0.3 is 9.73 Å². The van der Waals surface area contributed by atoms with Crippen molar-refractivity contribution in [2.24, 2.45) is 0 Å². The molecular formula is C21H16ClN3O2S. The molecule has 1 N–H and O–H groups in total. The van der Waals surface area contributed by atoms with Crippen molar-refractivity contribution >= 4 is 45.7 Å². The summed E-state index contributed by atoms with van der Waals surface area (Å²) in [6.45, 7) is 0. The number of carbonyl (C=O) groups excluding carboxylic acids is 1. The molecule has 7 heteroatoms. The van der Waals surface area contributed by atoms with Gasteiger partial charge in [-0.15, -0.1) is 10.2 Å². The second kappa shape index (κ2) is 8.46. The smallest absolute Gasteiger partial charge is 0.276 e. The third-order valence-electron chi connectivity index (χ3n) is 4.11. The Kier molecular flexibility index (Phi) is 5.60. The SMILES string of the molecule is O=C(CCSc1nnc(-c2ccc3ccccc3c2)o1)Nc1ccccc1Cl. The second-order valence-corrected chi connectivity index (χ2v) is 7.51. The van der Waals surface area contributed by atoms with E-state index >= 15 is 0 Å². The Bertz CT molecular complexity index is 1130. The number of hydrogen-bond donors (Lipinski definition) is 1. The third kappa shape index (κ3) is 4.35.